The van der Waals surface area contributed by atoms with Gasteiger partial charge in [-0.15, -0.1) is 0 Å². The number of thiazole rings is 1. The number of benzene rings is 2. The molecule has 0 aliphatic rings. The molecule has 0 saturated heterocycles. The molecule has 0 aliphatic carbocycles. The molecular weight excluding hydrogens is 441 g/mol. The molecule has 1 amide bonds. The second kappa shape index (κ2) is 8.73. The number of hydrogen-bond acceptors (Lipinski definition) is 6. The van der Waals surface area contributed by atoms with E-state index >= 15 is 0 Å². The zero-order valence-electron chi connectivity index (χ0n) is 14.9. The number of carbonyl (C=O) groups is 2. The van der Waals surface area contributed by atoms with E-state index in [-0.39, 0.29) is 34.2 Å². The Labute approximate surface area is 178 Å². The topological polar surface area (TPSA) is 104 Å². The van der Waals surface area contributed by atoms with Crippen LogP contribution in [0.3, 0.4) is 0 Å². The van der Waals surface area contributed by atoms with E-state index in [1.54, 1.807) is 25.1 Å². The first kappa shape index (κ1) is 21.0. The highest BCUT2D eigenvalue weighted by Crippen LogP contribution is 2.24. The van der Waals surface area contributed by atoms with E-state index in [0.717, 1.165) is 17.4 Å². The normalized spacial score (nSPS) is 11.6. The summed E-state index contributed by atoms with van der Waals surface area (Å²) in [6, 6.07) is 8.57. The van der Waals surface area contributed by atoms with Gasteiger partial charge in [-0.05, 0) is 31.2 Å². The summed E-state index contributed by atoms with van der Waals surface area (Å²) in [5.74, 6) is -1.27. The van der Waals surface area contributed by atoms with Gasteiger partial charge >= 0.3 is 5.97 Å². The van der Waals surface area contributed by atoms with Crippen molar-refractivity contribution < 1.29 is 19.2 Å². The van der Waals surface area contributed by atoms with Crippen molar-refractivity contribution in [3.63, 3.8) is 0 Å². The molecule has 0 bridgehead atoms. The number of non-ortho nitro benzene ring substituents is 1. The first-order valence-corrected chi connectivity index (χ1v) is 9.85. The lowest BCUT2D eigenvalue weighted by Gasteiger charge is -2.05. The lowest BCUT2D eigenvalue weighted by atomic mass is 10.2. The maximum Gasteiger partial charge on any atom is 0.326 e. The van der Waals surface area contributed by atoms with E-state index in [1.165, 1.54) is 16.7 Å². The van der Waals surface area contributed by atoms with Crippen LogP contribution in [-0.2, 0) is 16.1 Å². The van der Waals surface area contributed by atoms with Gasteiger partial charge in [0.2, 0.25) is 0 Å². The number of hydrogen-bond donors (Lipinski definition) is 0. The molecule has 3 aromatic rings. The summed E-state index contributed by atoms with van der Waals surface area (Å²) in [4.78, 5) is 39.3. The van der Waals surface area contributed by atoms with Crippen LogP contribution in [0, 0.1) is 10.1 Å². The molecule has 0 aliphatic heterocycles. The van der Waals surface area contributed by atoms with E-state index < -0.39 is 16.8 Å². The standard InChI is InChI=1S/C18H13Cl2N3O5S/c1-2-28-16(24)9-22-14-6-3-10(19)7-15(14)29-18(22)21-17(25)12-8-11(23(26)27)4-5-13(12)20/h3-8H,2,9H2,1H3. The molecule has 2 aromatic carbocycles. The molecular formula is C18H13Cl2N3O5S. The summed E-state index contributed by atoms with van der Waals surface area (Å²) in [7, 11) is 0. The Bertz CT molecular complexity index is 1200. The van der Waals surface area contributed by atoms with Crippen LogP contribution in [0.2, 0.25) is 10.0 Å². The van der Waals surface area contributed by atoms with Crippen LogP contribution in [0.1, 0.15) is 17.3 Å². The van der Waals surface area contributed by atoms with Crippen LogP contribution >= 0.6 is 34.5 Å². The van der Waals surface area contributed by atoms with Crippen molar-refractivity contribution in [3.05, 3.63) is 66.9 Å². The Morgan fingerprint density at radius 1 is 1.24 bits per heavy atom. The van der Waals surface area contributed by atoms with Crippen molar-refractivity contribution in [3.8, 4) is 0 Å². The van der Waals surface area contributed by atoms with Gasteiger partial charge in [0.1, 0.15) is 6.54 Å². The third-order valence-electron chi connectivity index (χ3n) is 3.83. The number of halogens is 2. The molecule has 8 nitrogen and oxygen atoms in total. The highest BCUT2D eigenvalue weighted by atomic mass is 35.5. The SMILES string of the molecule is CCOC(=O)Cn1c(=NC(=O)c2cc([N+](=O)[O-])ccc2Cl)sc2cc(Cl)ccc21. The second-order valence-corrected chi connectivity index (χ2v) is 7.58. The number of amides is 1. The number of carbonyl (C=O) groups excluding carboxylic acids is 2. The molecule has 11 heteroatoms. The first-order chi connectivity index (χ1) is 13.8. The third kappa shape index (κ3) is 4.64. The molecule has 1 aromatic heterocycles. The Morgan fingerprint density at radius 3 is 2.69 bits per heavy atom. The van der Waals surface area contributed by atoms with Crippen molar-refractivity contribution >= 4 is 62.3 Å². The summed E-state index contributed by atoms with van der Waals surface area (Å²) >= 11 is 13.2. The van der Waals surface area contributed by atoms with Gasteiger partial charge in [-0.1, -0.05) is 34.5 Å². The molecule has 0 spiro atoms. The second-order valence-electron chi connectivity index (χ2n) is 5.73. The van der Waals surface area contributed by atoms with Crippen molar-refractivity contribution in [2.75, 3.05) is 6.61 Å². The summed E-state index contributed by atoms with van der Waals surface area (Å²) in [5, 5.41) is 11.5. The lowest BCUT2D eigenvalue weighted by molar-refractivity contribution is -0.384. The van der Waals surface area contributed by atoms with Crippen molar-refractivity contribution in [1.82, 2.24) is 4.57 Å². The largest absolute Gasteiger partial charge is 0.465 e. The Kier molecular flexibility index (Phi) is 6.31. The Morgan fingerprint density at radius 2 is 2.00 bits per heavy atom. The van der Waals surface area contributed by atoms with Gasteiger partial charge in [0, 0.05) is 17.2 Å². The number of fused-ring (bicyclic) bond motifs is 1. The number of ether oxygens (including phenoxy) is 1. The zero-order valence-corrected chi connectivity index (χ0v) is 17.3. The highest BCUT2D eigenvalue weighted by Gasteiger charge is 2.17. The molecule has 1 heterocycles. The van der Waals surface area contributed by atoms with E-state index in [9.17, 15) is 19.7 Å². The van der Waals surface area contributed by atoms with Crippen LogP contribution in [0.15, 0.2) is 41.4 Å². The quantitative estimate of drug-likeness (QED) is 0.326. The molecule has 3 rings (SSSR count). The fourth-order valence-electron chi connectivity index (χ4n) is 2.56. The molecule has 0 N–H and O–H groups in total. The van der Waals surface area contributed by atoms with E-state index in [2.05, 4.69) is 4.99 Å². The van der Waals surface area contributed by atoms with Gasteiger partial charge in [-0.2, -0.15) is 4.99 Å². The fourth-order valence-corrected chi connectivity index (χ4v) is 4.06. The number of nitro benzene ring substituents is 1. The highest BCUT2D eigenvalue weighted by molar-refractivity contribution is 7.16. The molecule has 0 saturated carbocycles. The van der Waals surface area contributed by atoms with Crippen molar-refractivity contribution in [2.24, 2.45) is 4.99 Å². The number of rotatable bonds is 5. The predicted octanol–water partition coefficient (Wildman–Crippen LogP) is 4.22. The van der Waals surface area contributed by atoms with Crippen LogP contribution in [-0.4, -0.2) is 28.0 Å². The molecule has 29 heavy (non-hydrogen) atoms. The minimum atomic E-state index is -0.769. The minimum Gasteiger partial charge on any atom is -0.465 e. The number of esters is 1. The summed E-state index contributed by atoms with van der Waals surface area (Å²) in [6.45, 7) is 1.74. The average Bonchev–Trinajstić information content (AvgIpc) is 2.98. The monoisotopic (exact) mass is 453 g/mol. The van der Waals surface area contributed by atoms with Gasteiger partial charge < -0.3 is 9.30 Å². The predicted molar refractivity (Wildman–Crippen MR) is 109 cm³/mol. The van der Waals surface area contributed by atoms with E-state index in [4.69, 9.17) is 27.9 Å². The summed E-state index contributed by atoms with van der Waals surface area (Å²) in [5.41, 5.74) is 0.249. The van der Waals surface area contributed by atoms with Crippen LogP contribution < -0.4 is 4.80 Å². The number of nitrogens with zero attached hydrogens (tertiary/aromatic N) is 3. The number of nitro groups is 1. The molecule has 0 fully saturated rings. The average molecular weight is 454 g/mol. The summed E-state index contributed by atoms with van der Waals surface area (Å²) in [6.07, 6.45) is 0. The molecule has 0 atom stereocenters. The smallest absolute Gasteiger partial charge is 0.326 e. The minimum absolute atomic E-state index is 0.0328. The van der Waals surface area contributed by atoms with Crippen molar-refractivity contribution in [2.45, 2.75) is 13.5 Å². The van der Waals surface area contributed by atoms with Crippen LogP contribution in [0.5, 0.6) is 0 Å². The van der Waals surface area contributed by atoms with Gasteiger partial charge in [-0.3, -0.25) is 19.7 Å². The van der Waals surface area contributed by atoms with Gasteiger partial charge in [0.05, 0.1) is 32.3 Å². The van der Waals surface area contributed by atoms with E-state index in [1.807, 2.05) is 0 Å². The first-order valence-electron chi connectivity index (χ1n) is 8.27. The maximum atomic E-state index is 12.7. The lowest BCUT2D eigenvalue weighted by Crippen LogP contribution is -2.23. The Hall–Kier alpha value is -2.75. The zero-order chi connectivity index (χ0) is 21.1. The molecule has 150 valence electrons. The van der Waals surface area contributed by atoms with E-state index in [0.29, 0.717) is 15.2 Å². The summed E-state index contributed by atoms with van der Waals surface area (Å²) < 4.78 is 7.22. The third-order valence-corrected chi connectivity index (χ3v) is 5.43. The van der Waals surface area contributed by atoms with Gasteiger partial charge in [0.15, 0.2) is 4.80 Å². The number of aromatic nitrogens is 1. The van der Waals surface area contributed by atoms with Gasteiger partial charge in [0.25, 0.3) is 11.6 Å². The van der Waals surface area contributed by atoms with Crippen LogP contribution in [0.25, 0.3) is 10.2 Å². The van der Waals surface area contributed by atoms with Crippen LogP contribution in [0.4, 0.5) is 5.69 Å². The van der Waals surface area contributed by atoms with Crippen molar-refractivity contribution in [1.29, 1.82) is 0 Å². The molecule has 0 unspecified atom stereocenters. The molecule has 0 radical (unpaired) electrons. The Balaban J connectivity index is 2.14. The van der Waals surface area contributed by atoms with Gasteiger partial charge in [-0.25, -0.2) is 0 Å². The fraction of sp³-hybridized carbons (Fsp3) is 0.167. The maximum absolute atomic E-state index is 12.7.